The Labute approximate surface area is 183 Å². The fraction of sp³-hybridized carbons (Fsp3) is 0.182. The number of fused-ring (bicyclic) bond motifs is 1. The average molecular weight is 436 g/mol. The van der Waals surface area contributed by atoms with E-state index in [1.807, 2.05) is 19.1 Å². The summed E-state index contributed by atoms with van der Waals surface area (Å²) in [6.45, 7) is 1.84. The predicted molar refractivity (Wildman–Crippen MR) is 120 cm³/mol. The molecule has 0 aliphatic carbocycles. The molecule has 4 rings (SSSR count). The molecule has 0 aliphatic heterocycles. The van der Waals surface area contributed by atoms with E-state index in [9.17, 15) is 9.59 Å². The summed E-state index contributed by atoms with van der Waals surface area (Å²) < 4.78 is 7.13. The Morgan fingerprint density at radius 1 is 1.16 bits per heavy atom. The van der Waals surface area contributed by atoms with E-state index in [4.69, 9.17) is 4.42 Å². The maximum atomic E-state index is 13.4. The second kappa shape index (κ2) is 8.27. The zero-order valence-corrected chi connectivity index (χ0v) is 18.4. The molecule has 0 bridgehead atoms. The molecule has 0 fully saturated rings. The van der Waals surface area contributed by atoms with Crippen LogP contribution in [-0.4, -0.2) is 44.9 Å². The molecule has 0 saturated carbocycles. The van der Waals surface area contributed by atoms with Gasteiger partial charge in [-0.05, 0) is 49.0 Å². The smallest absolute Gasteiger partial charge is 0.286 e. The zero-order chi connectivity index (χ0) is 22.1. The molecule has 1 N–H and O–H groups in total. The molecule has 31 heavy (non-hydrogen) atoms. The standard InChI is InChI=1S/C22H21N5O3S/c1-13-19-14(12-16(17-9-7-11-30-17)23-20(19)27(4)25-13)21(28)24-15-8-5-6-10-18(15)31-22(29)26(2)3/h5-12H,1-4H3,(H,24,28). The van der Waals surface area contributed by atoms with E-state index in [-0.39, 0.29) is 11.1 Å². The Kier molecular flexibility index (Phi) is 5.51. The molecular formula is C22H21N5O3S. The molecular weight excluding hydrogens is 414 g/mol. The number of nitrogens with zero attached hydrogens (tertiary/aromatic N) is 4. The molecule has 0 radical (unpaired) electrons. The number of carbonyl (C=O) groups excluding carboxylic acids is 2. The average Bonchev–Trinajstić information content (AvgIpc) is 3.37. The summed E-state index contributed by atoms with van der Waals surface area (Å²) in [5, 5.41) is 7.92. The molecule has 1 aromatic carbocycles. The summed E-state index contributed by atoms with van der Waals surface area (Å²) >= 11 is 1.06. The lowest BCUT2D eigenvalue weighted by molar-refractivity contribution is 0.102. The highest BCUT2D eigenvalue weighted by molar-refractivity contribution is 8.13. The third-order valence-electron chi connectivity index (χ3n) is 4.68. The number of hydrogen-bond donors (Lipinski definition) is 1. The molecule has 4 aromatic rings. The number of anilines is 1. The van der Waals surface area contributed by atoms with Crippen molar-refractivity contribution in [2.24, 2.45) is 7.05 Å². The molecule has 0 unspecified atom stereocenters. The van der Waals surface area contributed by atoms with Gasteiger partial charge in [0.05, 0.1) is 28.6 Å². The van der Waals surface area contributed by atoms with Crippen LogP contribution in [0.25, 0.3) is 22.5 Å². The molecule has 0 spiro atoms. The van der Waals surface area contributed by atoms with E-state index >= 15 is 0 Å². The first-order chi connectivity index (χ1) is 14.8. The van der Waals surface area contributed by atoms with Gasteiger partial charge < -0.3 is 14.6 Å². The largest absolute Gasteiger partial charge is 0.463 e. The highest BCUT2D eigenvalue weighted by Crippen LogP contribution is 2.31. The Balaban J connectivity index is 1.76. The minimum absolute atomic E-state index is 0.129. The highest BCUT2D eigenvalue weighted by Gasteiger charge is 2.21. The first kappa shape index (κ1) is 20.7. The van der Waals surface area contributed by atoms with Crippen molar-refractivity contribution < 1.29 is 14.0 Å². The number of aromatic nitrogens is 3. The van der Waals surface area contributed by atoms with Crippen molar-refractivity contribution >= 4 is 39.6 Å². The van der Waals surface area contributed by atoms with Crippen LogP contribution >= 0.6 is 11.8 Å². The number of pyridine rings is 1. The zero-order valence-electron chi connectivity index (χ0n) is 17.5. The number of aryl methyl sites for hydroxylation is 2. The number of furan rings is 1. The van der Waals surface area contributed by atoms with Crippen LogP contribution in [0.5, 0.6) is 0 Å². The summed E-state index contributed by atoms with van der Waals surface area (Å²) in [6.07, 6.45) is 1.56. The van der Waals surface area contributed by atoms with Crippen molar-refractivity contribution in [3.63, 3.8) is 0 Å². The molecule has 3 heterocycles. The van der Waals surface area contributed by atoms with Crippen LogP contribution in [0.15, 0.2) is 58.0 Å². The summed E-state index contributed by atoms with van der Waals surface area (Å²) in [5.41, 5.74) is 2.81. The Morgan fingerprint density at radius 3 is 2.65 bits per heavy atom. The third kappa shape index (κ3) is 4.04. The number of carbonyl (C=O) groups is 2. The van der Waals surface area contributed by atoms with Gasteiger partial charge in [-0.15, -0.1) is 0 Å². The van der Waals surface area contributed by atoms with Crippen LogP contribution in [0.2, 0.25) is 0 Å². The molecule has 3 aromatic heterocycles. The van der Waals surface area contributed by atoms with Crippen molar-refractivity contribution in [1.29, 1.82) is 0 Å². The molecule has 0 atom stereocenters. The number of amides is 2. The van der Waals surface area contributed by atoms with Crippen LogP contribution in [-0.2, 0) is 7.05 Å². The number of rotatable bonds is 4. The maximum Gasteiger partial charge on any atom is 0.286 e. The Morgan fingerprint density at radius 2 is 1.94 bits per heavy atom. The maximum absolute atomic E-state index is 13.4. The number of thioether (sulfide) groups is 1. The third-order valence-corrected chi connectivity index (χ3v) is 5.80. The van der Waals surface area contributed by atoms with Crippen molar-refractivity contribution in [2.45, 2.75) is 11.8 Å². The van der Waals surface area contributed by atoms with Gasteiger partial charge in [0.2, 0.25) is 0 Å². The lowest BCUT2D eigenvalue weighted by Crippen LogP contribution is -2.17. The molecule has 0 saturated heterocycles. The SMILES string of the molecule is Cc1nn(C)c2nc(-c3ccco3)cc(C(=O)Nc3ccccc3SC(=O)N(C)C)c12. The molecule has 0 aliphatic rings. The van der Waals surface area contributed by atoms with Crippen molar-refractivity contribution in [2.75, 3.05) is 19.4 Å². The fourth-order valence-electron chi connectivity index (χ4n) is 3.21. The second-order valence-corrected chi connectivity index (χ2v) is 8.15. The van der Waals surface area contributed by atoms with Gasteiger partial charge in [0.15, 0.2) is 11.4 Å². The Bertz CT molecular complexity index is 1280. The molecule has 8 nitrogen and oxygen atoms in total. The predicted octanol–water partition coefficient (Wildman–Crippen LogP) is 4.56. The quantitative estimate of drug-likeness (QED) is 0.472. The topological polar surface area (TPSA) is 93.3 Å². The minimum atomic E-state index is -0.318. The summed E-state index contributed by atoms with van der Waals surface area (Å²) in [7, 11) is 5.16. The first-order valence-electron chi connectivity index (χ1n) is 9.53. The number of hydrogen-bond acceptors (Lipinski definition) is 6. The van der Waals surface area contributed by atoms with E-state index in [0.29, 0.717) is 44.3 Å². The molecule has 2 amide bonds. The van der Waals surface area contributed by atoms with Crippen LogP contribution in [0, 0.1) is 6.92 Å². The van der Waals surface area contributed by atoms with Gasteiger partial charge in [-0.3, -0.25) is 14.3 Å². The van der Waals surface area contributed by atoms with Crippen molar-refractivity contribution in [3.8, 4) is 11.5 Å². The van der Waals surface area contributed by atoms with Gasteiger partial charge in [0, 0.05) is 26.0 Å². The summed E-state index contributed by atoms with van der Waals surface area (Å²) in [4.78, 5) is 32.3. The number of benzene rings is 1. The van der Waals surface area contributed by atoms with E-state index in [0.717, 1.165) is 11.8 Å². The van der Waals surface area contributed by atoms with Crippen molar-refractivity contribution in [3.05, 3.63) is 60.0 Å². The van der Waals surface area contributed by atoms with E-state index in [2.05, 4.69) is 15.4 Å². The van der Waals surface area contributed by atoms with Gasteiger partial charge in [-0.25, -0.2) is 4.98 Å². The van der Waals surface area contributed by atoms with Crippen LogP contribution in [0.1, 0.15) is 16.1 Å². The second-order valence-electron chi connectivity index (χ2n) is 7.15. The summed E-state index contributed by atoms with van der Waals surface area (Å²) in [6, 6.07) is 12.5. The van der Waals surface area contributed by atoms with Gasteiger partial charge >= 0.3 is 0 Å². The number of para-hydroxylation sites is 1. The van der Waals surface area contributed by atoms with Gasteiger partial charge in [-0.1, -0.05) is 12.1 Å². The fourth-order valence-corrected chi connectivity index (χ4v) is 3.95. The molecule has 158 valence electrons. The van der Waals surface area contributed by atoms with Crippen LogP contribution < -0.4 is 5.32 Å². The highest BCUT2D eigenvalue weighted by atomic mass is 32.2. The lowest BCUT2D eigenvalue weighted by Gasteiger charge is -2.14. The van der Waals surface area contributed by atoms with E-state index in [1.54, 1.807) is 62.4 Å². The van der Waals surface area contributed by atoms with Gasteiger partial charge in [-0.2, -0.15) is 5.10 Å². The number of nitrogens with one attached hydrogen (secondary N) is 1. The van der Waals surface area contributed by atoms with E-state index < -0.39 is 0 Å². The van der Waals surface area contributed by atoms with Gasteiger partial charge in [0.25, 0.3) is 11.1 Å². The molecule has 9 heteroatoms. The van der Waals surface area contributed by atoms with Crippen molar-refractivity contribution in [1.82, 2.24) is 19.7 Å². The van der Waals surface area contributed by atoms with Crippen LogP contribution in [0.3, 0.4) is 0 Å². The van der Waals surface area contributed by atoms with E-state index in [1.165, 1.54) is 4.90 Å². The minimum Gasteiger partial charge on any atom is -0.463 e. The monoisotopic (exact) mass is 435 g/mol. The summed E-state index contributed by atoms with van der Waals surface area (Å²) in [5.74, 6) is 0.240. The lowest BCUT2D eigenvalue weighted by atomic mass is 10.1. The van der Waals surface area contributed by atoms with Gasteiger partial charge in [0.1, 0.15) is 5.69 Å². The first-order valence-corrected chi connectivity index (χ1v) is 10.3. The normalized spacial score (nSPS) is 11.0. The van der Waals surface area contributed by atoms with Crippen LogP contribution in [0.4, 0.5) is 10.5 Å². The Hall–Kier alpha value is -3.59.